The van der Waals surface area contributed by atoms with E-state index < -0.39 is 31.0 Å². The van der Waals surface area contributed by atoms with Crippen LogP contribution in [0.4, 0.5) is 11.4 Å². The lowest BCUT2D eigenvalue weighted by Gasteiger charge is -2.35. The van der Waals surface area contributed by atoms with E-state index in [0.29, 0.717) is 39.3 Å². The summed E-state index contributed by atoms with van der Waals surface area (Å²) in [5, 5.41) is 17.6. The number of fused-ring (bicyclic) bond motifs is 3. The minimum atomic E-state index is -2.74. The number of nitrogens with zero attached hydrogens (tertiary/aromatic N) is 1. The summed E-state index contributed by atoms with van der Waals surface area (Å²) in [5.41, 5.74) is -0.296. The van der Waals surface area contributed by atoms with Gasteiger partial charge in [0, 0.05) is 28.5 Å². The second-order valence-electron chi connectivity index (χ2n) is 7.93. The van der Waals surface area contributed by atoms with Crippen LogP contribution in [-0.4, -0.2) is 40.2 Å². The van der Waals surface area contributed by atoms with Gasteiger partial charge in [0.2, 0.25) is 0 Å². The van der Waals surface area contributed by atoms with E-state index in [-0.39, 0.29) is 10.7 Å². The number of aliphatic hydroxyl groups excluding tert-OH is 1. The third-order valence-electron chi connectivity index (χ3n) is 5.61. The molecule has 1 aliphatic rings. The fourth-order valence-electron chi connectivity index (χ4n) is 3.96. The van der Waals surface area contributed by atoms with Gasteiger partial charge in [-0.05, 0) is 31.1 Å². The van der Waals surface area contributed by atoms with Crippen molar-refractivity contribution in [1.82, 2.24) is 9.97 Å². The van der Waals surface area contributed by atoms with Gasteiger partial charge in [0.05, 0.1) is 34.6 Å². The summed E-state index contributed by atoms with van der Waals surface area (Å²) in [5.74, 6) is 0.373. The summed E-state index contributed by atoms with van der Waals surface area (Å²) in [7, 11) is 1.32. The van der Waals surface area contributed by atoms with Crippen molar-refractivity contribution in [3.05, 3.63) is 77.1 Å². The van der Waals surface area contributed by atoms with Gasteiger partial charge in [-0.25, -0.2) is 4.98 Å². The second-order valence-corrected chi connectivity index (χ2v) is 8.34. The van der Waals surface area contributed by atoms with Crippen molar-refractivity contribution in [2.45, 2.75) is 18.5 Å². The lowest BCUT2D eigenvalue weighted by Crippen LogP contribution is -2.53. The van der Waals surface area contributed by atoms with Crippen LogP contribution in [0, 0.1) is 0 Å². The monoisotopic (exact) mass is 481 g/mol. The number of rotatable bonds is 6. The molecule has 2 aromatic carbocycles. The van der Waals surface area contributed by atoms with Crippen molar-refractivity contribution in [2.24, 2.45) is 0 Å². The molecule has 2 aromatic heterocycles. The number of hydrogen-bond acceptors (Lipinski definition) is 6. The van der Waals surface area contributed by atoms with Gasteiger partial charge in [0.1, 0.15) is 28.8 Å². The van der Waals surface area contributed by atoms with Crippen molar-refractivity contribution >= 4 is 39.9 Å². The van der Waals surface area contributed by atoms with Crippen LogP contribution in [0.15, 0.2) is 60.9 Å². The van der Waals surface area contributed by atoms with Gasteiger partial charge < -0.3 is 30.2 Å². The zero-order chi connectivity index (χ0) is 26.4. The summed E-state index contributed by atoms with van der Waals surface area (Å²) < 4.78 is 35.1. The number of ether oxygens (including phenoxy) is 2. The maximum absolute atomic E-state index is 12.9. The SMILES string of the molecule is [2H]C([2H])([2H])[C@@]1(COC)Nc2c(cnc3[nH]cc(C(O)c4ccc(Oc5ccccc5)cc4Cl)c23)NC1=O. The van der Waals surface area contributed by atoms with Crippen molar-refractivity contribution in [3.8, 4) is 11.5 Å². The van der Waals surface area contributed by atoms with E-state index >= 15 is 0 Å². The lowest BCUT2D eigenvalue weighted by molar-refractivity contribution is -0.121. The predicted octanol–water partition coefficient (Wildman–Crippen LogP) is 4.86. The number of anilines is 2. The molecule has 4 aromatic rings. The van der Waals surface area contributed by atoms with Crippen molar-refractivity contribution in [1.29, 1.82) is 0 Å². The van der Waals surface area contributed by atoms with E-state index in [1.165, 1.54) is 13.3 Å². The highest BCUT2D eigenvalue weighted by Crippen LogP contribution is 2.42. The smallest absolute Gasteiger partial charge is 0.252 e. The number of methoxy groups -OCH3 is 1. The van der Waals surface area contributed by atoms with Gasteiger partial charge in [-0.3, -0.25) is 4.79 Å². The Morgan fingerprint density at radius 1 is 1.21 bits per heavy atom. The topological polar surface area (TPSA) is 108 Å². The molecule has 4 N–H and O–H groups in total. The van der Waals surface area contributed by atoms with E-state index in [9.17, 15) is 9.90 Å². The molecule has 0 fully saturated rings. The molecular formula is C25H23ClN4O4. The zero-order valence-electron chi connectivity index (χ0n) is 21.1. The molecule has 1 aliphatic heterocycles. The molecule has 0 saturated carbocycles. The number of hydrogen-bond donors (Lipinski definition) is 4. The van der Waals surface area contributed by atoms with Crippen molar-refractivity contribution in [2.75, 3.05) is 24.4 Å². The molecule has 0 radical (unpaired) electrons. The number of amides is 1. The Labute approximate surface area is 205 Å². The van der Waals surface area contributed by atoms with Crippen LogP contribution in [0.25, 0.3) is 11.0 Å². The van der Waals surface area contributed by atoms with Crippen LogP contribution < -0.4 is 15.4 Å². The van der Waals surface area contributed by atoms with E-state index in [2.05, 4.69) is 20.6 Å². The third kappa shape index (κ3) is 3.86. The standard InChI is InChI=1S/C25H23ClN4O4/c1-25(13-33-2)24(32)29-19-12-28-23-20(21(19)30-25)17(11-27-23)22(31)16-9-8-15(10-18(16)26)34-14-6-4-3-5-7-14/h3-12,22,30-31H,13H2,1-2H3,(H,27,28)(H,29,32)/t22?,25-/m0/s1/i1D3. The molecule has 0 spiro atoms. The van der Waals surface area contributed by atoms with Crippen molar-refractivity contribution in [3.63, 3.8) is 0 Å². The Hall–Kier alpha value is -3.59. The predicted molar refractivity (Wildman–Crippen MR) is 131 cm³/mol. The van der Waals surface area contributed by atoms with E-state index in [0.717, 1.165) is 0 Å². The summed E-state index contributed by atoms with van der Waals surface area (Å²) in [6.07, 6.45) is 1.77. The Bertz CT molecular complexity index is 1480. The van der Waals surface area contributed by atoms with Crippen LogP contribution in [0.2, 0.25) is 5.02 Å². The van der Waals surface area contributed by atoms with Gasteiger partial charge in [0.15, 0.2) is 0 Å². The Kier molecular flexibility index (Phi) is 4.78. The maximum Gasteiger partial charge on any atom is 0.252 e. The number of pyridine rings is 1. The van der Waals surface area contributed by atoms with Crippen LogP contribution in [0.5, 0.6) is 11.5 Å². The number of aromatic nitrogens is 2. The first-order valence-corrected chi connectivity index (χ1v) is 10.8. The molecule has 1 unspecified atom stereocenters. The van der Waals surface area contributed by atoms with Crippen LogP contribution in [0.1, 0.15) is 28.2 Å². The first kappa shape index (κ1) is 18.8. The summed E-state index contributed by atoms with van der Waals surface area (Å²) in [6.45, 7) is -3.15. The first-order chi connectivity index (χ1) is 17.6. The van der Waals surface area contributed by atoms with Crippen LogP contribution >= 0.6 is 11.6 Å². The zero-order valence-corrected chi connectivity index (χ0v) is 18.8. The third-order valence-corrected chi connectivity index (χ3v) is 5.93. The highest BCUT2D eigenvalue weighted by molar-refractivity contribution is 6.31. The molecule has 34 heavy (non-hydrogen) atoms. The number of para-hydroxylation sites is 1. The minimum absolute atomic E-state index is 0.269. The molecule has 8 nitrogen and oxygen atoms in total. The number of benzene rings is 2. The fraction of sp³-hybridized carbons (Fsp3) is 0.200. The number of aliphatic hydroxyl groups is 1. The van der Waals surface area contributed by atoms with Gasteiger partial charge in [-0.2, -0.15) is 0 Å². The highest BCUT2D eigenvalue weighted by atomic mass is 35.5. The van der Waals surface area contributed by atoms with Gasteiger partial charge >= 0.3 is 0 Å². The quantitative estimate of drug-likeness (QED) is 0.313. The van der Waals surface area contributed by atoms with Crippen molar-refractivity contribution < 1.29 is 23.5 Å². The Morgan fingerprint density at radius 3 is 2.76 bits per heavy atom. The molecule has 1 amide bonds. The van der Waals surface area contributed by atoms with Gasteiger partial charge in [-0.15, -0.1) is 0 Å². The first-order valence-electron chi connectivity index (χ1n) is 11.9. The molecule has 174 valence electrons. The normalized spacial score (nSPS) is 19.9. The highest BCUT2D eigenvalue weighted by Gasteiger charge is 2.39. The molecule has 0 saturated heterocycles. The number of nitrogens with one attached hydrogen (secondary N) is 3. The number of halogens is 1. The summed E-state index contributed by atoms with van der Waals surface area (Å²) in [6, 6.07) is 14.2. The second kappa shape index (κ2) is 8.64. The molecule has 5 rings (SSSR count). The molecule has 0 aliphatic carbocycles. The van der Waals surface area contributed by atoms with E-state index in [1.54, 1.807) is 24.4 Å². The molecule has 0 bridgehead atoms. The number of H-pyrrole nitrogens is 1. The van der Waals surface area contributed by atoms with E-state index in [1.807, 2.05) is 30.3 Å². The number of carbonyl (C=O) groups excluding carboxylic acids is 1. The van der Waals surface area contributed by atoms with Crippen LogP contribution in [-0.2, 0) is 9.53 Å². The molecular weight excluding hydrogens is 456 g/mol. The summed E-state index contributed by atoms with van der Waals surface area (Å²) >= 11 is 6.54. The average Bonchev–Trinajstić information content (AvgIpc) is 3.29. The van der Waals surface area contributed by atoms with E-state index in [4.69, 9.17) is 25.2 Å². The molecule has 2 atom stereocenters. The minimum Gasteiger partial charge on any atom is -0.457 e. The lowest BCUT2D eigenvalue weighted by atomic mass is 9.95. The van der Waals surface area contributed by atoms with Crippen LogP contribution in [0.3, 0.4) is 0 Å². The Balaban J connectivity index is 1.55. The molecule has 3 heterocycles. The summed E-state index contributed by atoms with van der Waals surface area (Å²) in [4.78, 5) is 20.2. The van der Waals surface area contributed by atoms with Gasteiger partial charge in [-0.1, -0.05) is 35.9 Å². The average molecular weight is 482 g/mol. The number of aromatic amines is 1. The van der Waals surface area contributed by atoms with Gasteiger partial charge in [0.25, 0.3) is 5.91 Å². The Morgan fingerprint density at radius 2 is 2.03 bits per heavy atom. The largest absolute Gasteiger partial charge is 0.457 e. The number of carbonyl (C=O) groups is 1. The molecule has 9 heteroatoms. The maximum atomic E-state index is 12.9. The fourth-order valence-corrected chi connectivity index (χ4v) is 4.24.